The summed E-state index contributed by atoms with van der Waals surface area (Å²) in [7, 11) is 1.85. The molecule has 4 N–H and O–H groups in total. The molecule has 2 aliphatic carbocycles. The van der Waals surface area contributed by atoms with Gasteiger partial charge < -0.3 is 20.7 Å². The van der Waals surface area contributed by atoms with Crippen LogP contribution in [-0.2, 0) is 7.05 Å². The molecule has 2 amide bonds. The first-order valence-electron chi connectivity index (χ1n) is 12.5. The Kier molecular flexibility index (Phi) is 5.56. The average Bonchev–Trinajstić information content (AvgIpc) is 3.67. The van der Waals surface area contributed by atoms with Gasteiger partial charge in [0.25, 0.3) is 11.8 Å². The Morgan fingerprint density at radius 3 is 2.73 bits per heavy atom. The summed E-state index contributed by atoms with van der Waals surface area (Å²) in [6, 6.07) is 5.32. The van der Waals surface area contributed by atoms with Crippen molar-refractivity contribution >= 4 is 28.5 Å². The van der Waals surface area contributed by atoms with E-state index in [-0.39, 0.29) is 29.9 Å². The van der Waals surface area contributed by atoms with Crippen LogP contribution in [0.5, 0.6) is 0 Å². The maximum atomic E-state index is 13.1. The van der Waals surface area contributed by atoms with Crippen LogP contribution < -0.4 is 10.6 Å². The molecule has 6 rings (SSSR count). The van der Waals surface area contributed by atoms with Crippen molar-refractivity contribution in [3.8, 4) is 11.3 Å². The third-order valence-corrected chi connectivity index (χ3v) is 8.02. The van der Waals surface area contributed by atoms with Gasteiger partial charge in [-0.1, -0.05) is 0 Å². The molecule has 0 unspecified atom stereocenters. The third kappa shape index (κ3) is 4.17. The fourth-order valence-electron chi connectivity index (χ4n) is 5.91. The molecule has 4 aromatic rings. The van der Waals surface area contributed by atoms with E-state index >= 15 is 0 Å². The van der Waals surface area contributed by atoms with Gasteiger partial charge in [0, 0.05) is 48.0 Å². The number of fused-ring (bicyclic) bond motifs is 3. The number of pyridine rings is 2. The highest BCUT2D eigenvalue weighted by Crippen LogP contribution is 2.53. The number of aromatic nitrogens is 5. The van der Waals surface area contributed by atoms with Crippen molar-refractivity contribution in [3.05, 3.63) is 59.8 Å². The van der Waals surface area contributed by atoms with Crippen LogP contribution in [0.3, 0.4) is 0 Å². The number of aliphatic hydroxyl groups is 1. The van der Waals surface area contributed by atoms with E-state index in [9.17, 15) is 14.7 Å². The predicted molar refractivity (Wildman–Crippen MR) is 138 cm³/mol. The number of rotatable bonds is 6. The largest absolute Gasteiger partial charge is 0.396 e. The molecule has 2 saturated carbocycles. The monoisotopic (exact) mass is 499 g/mol. The normalized spacial score (nSPS) is 22.5. The lowest BCUT2D eigenvalue weighted by Gasteiger charge is -2.34. The molecule has 37 heavy (non-hydrogen) atoms. The summed E-state index contributed by atoms with van der Waals surface area (Å²) in [5.74, 6) is -0.0186. The number of hydrogen-bond acceptors (Lipinski definition) is 6. The first-order chi connectivity index (χ1) is 17.8. The molecule has 2 bridgehead atoms. The van der Waals surface area contributed by atoms with Gasteiger partial charge in [-0.25, -0.2) is 4.98 Å². The van der Waals surface area contributed by atoms with E-state index in [1.165, 1.54) is 12.4 Å². The van der Waals surface area contributed by atoms with Gasteiger partial charge in [-0.05, 0) is 56.7 Å². The summed E-state index contributed by atoms with van der Waals surface area (Å²) in [6.07, 6.45) is 10.6. The van der Waals surface area contributed by atoms with Crippen molar-refractivity contribution in [2.75, 3.05) is 11.9 Å². The summed E-state index contributed by atoms with van der Waals surface area (Å²) in [6.45, 7) is 1.87. The van der Waals surface area contributed by atoms with E-state index in [2.05, 4.69) is 30.7 Å². The van der Waals surface area contributed by atoms with Crippen LogP contribution in [0.1, 0.15) is 52.1 Å². The molecule has 4 aromatic heterocycles. The molecular formula is C27H29N7O3. The van der Waals surface area contributed by atoms with E-state index < -0.39 is 0 Å². The van der Waals surface area contributed by atoms with Gasteiger partial charge in [-0.15, -0.1) is 0 Å². The number of nitrogens with zero attached hydrogens (tertiary/aromatic N) is 4. The summed E-state index contributed by atoms with van der Waals surface area (Å²) in [4.78, 5) is 38.1. The van der Waals surface area contributed by atoms with E-state index in [4.69, 9.17) is 0 Å². The highest BCUT2D eigenvalue weighted by molar-refractivity contribution is 6.06. The Labute approximate surface area is 213 Å². The van der Waals surface area contributed by atoms with Crippen molar-refractivity contribution in [3.63, 3.8) is 0 Å². The standard InChI is InChI=1S/C27H29N7O3/c1-15-21(8-19(10-28-15)26(37)33-23-5-16-3-4-27(23,9-16)14-35)32-25(36)18-6-17-7-22(31-24(17)29-11-18)20-12-30-34(2)13-20/h6-8,10-13,16,23,35H,3-5,9,14H2,1-2H3,(H,29,31)(H,32,36)(H,33,37)/t16-,23+,27-/m0/s1. The average molecular weight is 500 g/mol. The molecule has 3 atom stereocenters. The maximum Gasteiger partial charge on any atom is 0.257 e. The smallest absolute Gasteiger partial charge is 0.257 e. The predicted octanol–water partition coefficient (Wildman–Crippen LogP) is 3.20. The zero-order valence-corrected chi connectivity index (χ0v) is 20.8. The molecule has 0 saturated heterocycles. The zero-order valence-electron chi connectivity index (χ0n) is 20.8. The number of aliphatic hydroxyl groups excluding tert-OH is 1. The van der Waals surface area contributed by atoms with E-state index in [0.717, 1.165) is 42.3 Å². The molecule has 0 spiro atoms. The molecule has 0 aliphatic heterocycles. The van der Waals surface area contributed by atoms with E-state index in [0.29, 0.717) is 34.1 Å². The lowest BCUT2D eigenvalue weighted by atomic mass is 9.80. The van der Waals surface area contributed by atoms with Crippen molar-refractivity contribution < 1.29 is 14.7 Å². The number of carbonyl (C=O) groups is 2. The van der Waals surface area contributed by atoms with Crippen LogP contribution in [0.25, 0.3) is 22.3 Å². The van der Waals surface area contributed by atoms with Crippen molar-refractivity contribution in [2.24, 2.45) is 18.4 Å². The number of hydrogen-bond donors (Lipinski definition) is 4. The summed E-state index contributed by atoms with van der Waals surface area (Å²) in [5, 5.41) is 21.0. The number of aromatic amines is 1. The number of H-pyrrole nitrogens is 1. The van der Waals surface area contributed by atoms with Crippen molar-refractivity contribution in [1.82, 2.24) is 30.0 Å². The Morgan fingerprint density at radius 2 is 1.97 bits per heavy atom. The Hall–Kier alpha value is -4.05. The van der Waals surface area contributed by atoms with Crippen LogP contribution in [0.2, 0.25) is 0 Å². The Balaban J connectivity index is 1.19. The number of aryl methyl sites for hydroxylation is 2. The van der Waals surface area contributed by atoms with Crippen LogP contribution in [0.15, 0.2) is 43.0 Å². The van der Waals surface area contributed by atoms with Crippen LogP contribution in [-0.4, -0.2) is 54.3 Å². The zero-order chi connectivity index (χ0) is 25.7. The summed E-state index contributed by atoms with van der Waals surface area (Å²) < 4.78 is 1.72. The van der Waals surface area contributed by atoms with E-state index in [1.54, 1.807) is 29.9 Å². The minimum atomic E-state index is -0.340. The minimum Gasteiger partial charge on any atom is -0.396 e. The molecule has 10 heteroatoms. The van der Waals surface area contributed by atoms with Crippen LogP contribution >= 0.6 is 0 Å². The maximum absolute atomic E-state index is 13.1. The van der Waals surface area contributed by atoms with Crippen molar-refractivity contribution in [1.29, 1.82) is 0 Å². The van der Waals surface area contributed by atoms with Gasteiger partial charge >= 0.3 is 0 Å². The molecule has 10 nitrogen and oxygen atoms in total. The third-order valence-electron chi connectivity index (χ3n) is 8.02. The highest BCUT2D eigenvalue weighted by atomic mass is 16.3. The molecule has 190 valence electrons. The lowest BCUT2D eigenvalue weighted by molar-refractivity contribution is 0.0765. The van der Waals surface area contributed by atoms with Crippen molar-refractivity contribution in [2.45, 2.75) is 38.6 Å². The molecule has 0 aromatic carbocycles. The topological polar surface area (TPSA) is 138 Å². The van der Waals surface area contributed by atoms with Gasteiger partial charge in [0.2, 0.25) is 0 Å². The first kappa shape index (κ1) is 23.4. The van der Waals surface area contributed by atoms with E-state index in [1.807, 2.05) is 19.3 Å². The van der Waals surface area contributed by atoms with Crippen LogP contribution in [0, 0.1) is 18.3 Å². The summed E-state index contributed by atoms with van der Waals surface area (Å²) in [5.41, 5.74) is 4.09. The van der Waals surface area contributed by atoms with Gasteiger partial charge in [0.15, 0.2) is 0 Å². The molecule has 2 fully saturated rings. The second-order valence-electron chi connectivity index (χ2n) is 10.4. The van der Waals surface area contributed by atoms with Crippen LogP contribution in [0.4, 0.5) is 5.69 Å². The first-order valence-corrected chi connectivity index (χ1v) is 12.5. The van der Waals surface area contributed by atoms with Gasteiger partial charge in [0.1, 0.15) is 5.65 Å². The Morgan fingerprint density at radius 1 is 1.16 bits per heavy atom. The minimum absolute atomic E-state index is 0.0428. The second kappa shape index (κ2) is 8.81. The fraction of sp³-hybridized carbons (Fsp3) is 0.370. The van der Waals surface area contributed by atoms with Gasteiger partial charge in [-0.2, -0.15) is 5.10 Å². The molecule has 0 radical (unpaired) electrons. The quantitative estimate of drug-likeness (QED) is 0.321. The molecule has 2 aliphatic rings. The summed E-state index contributed by atoms with van der Waals surface area (Å²) >= 11 is 0. The second-order valence-corrected chi connectivity index (χ2v) is 10.4. The highest BCUT2D eigenvalue weighted by Gasteiger charge is 2.52. The lowest BCUT2D eigenvalue weighted by Crippen LogP contribution is -2.46. The fourth-order valence-corrected chi connectivity index (χ4v) is 5.91. The number of carbonyl (C=O) groups excluding carboxylic acids is 2. The van der Waals surface area contributed by atoms with Gasteiger partial charge in [0.05, 0.1) is 41.0 Å². The number of amides is 2. The molecular weight excluding hydrogens is 470 g/mol. The SMILES string of the molecule is Cc1ncc(C(=O)N[C@@H]2C[C@@H]3CC[C@@]2(CO)C3)cc1NC(=O)c1cnc2[nH]c(-c3cnn(C)c3)cc2c1. The number of anilines is 1. The Bertz CT molecular complexity index is 1520. The molecule has 4 heterocycles. The van der Waals surface area contributed by atoms with Gasteiger partial charge in [-0.3, -0.25) is 19.3 Å². The number of nitrogens with one attached hydrogen (secondary N) is 3.